The Morgan fingerprint density at radius 1 is 1.09 bits per heavy atom. The van der Waals surface area contributed by atoms with E-state index in [1.807, 2.05) is 48.1 Å². The molecule has 0 radical (unpaired) electrons. The van der Waals surface area contributed by atoms with Gasteiger partial charge in [-0.15, -0.1) is 0 Å². The van der Waals surface area contributed by atoms with Crippen molar-refractivity contribution in [2.75, 3.05) is 6.54 Å². The molecule has 176 valence electrons. The van der Waals surface area contributed by atoms with Gasteiger partial charge in [0.05, 0.1) is 29.9 Å². The van der Waals surface area contributed by atoms with Gasteiger partial charge in [-0.05, 0) is 29.3 Å². The van der Waals surface area contributed by atoms with E-state index in [-0.39, 0.29) is 24.8 Å². The molecule has 1 amide bonds. The van der Waals surface area contributed by atoms with Crippen molar-refractivity contribution in [3.8, 4) is 11.1 Å². The van der Waals surface area contributed by atoms with Crippen LogP contribution >= 0.6 is 0 Å². The third kappa shape index (κ3) is 4.69. The SMILES string of the molecule is Cn1cc(-c2ccc(Cn3cc(C(=O)NCC(O)c4ccccc4)c4ncccc43)c(F)c2)cn1. The van der Waals surface area contributed by atoms with E-state index in [9.17, 15) is 9.90 Å². The van der Waals surface area contributed by atoms with Crippen LogP contribution < -0.4 is 5.32 Å². The number of amides is 1. The fraction of sp³-hybridized carbons (Fsp3) is 0.148. The molecule has 2 N–H and O–H groups in total. The van der Waals surface area contributed by atoms with Crippen LogP contribution in [0.5, 0.6) is 0 Å². The maximum Gasteiger partial charge on any atom is 0.255 e. The van der Waals surface area contributed by atoms with Gasteiger partial charge in [-0.25, -0.2) is 4.39 Å². The average Bonchev–Trinajstić information content (AvgIpc) is 3.48. The van der Waals surface area contributed by atoms with Gasteiger partial charge in [0.15, 0.2) is 0 Å². The number of rotatable bonds is 7. The minimum atomic E-state index is -0.825. The monoisotopic (exact) mass is 469 g/mol. The molecule has 0 aliphatic heterocycles. The molecule has 0 spiro atoms. The maximum atomic E-state index is 15.0. The first-order chi connectivity index (χ1) is 17.0. The summed E-state index contributed by atoms with van der Waals surface area (Å²) in [6.07, 6.45) is 5.99. The number of nitrogens with one attached hydrogen (secondary N) is 1. The number of aliphatic hydroxyl groups excluding tert-OH is 1. The van der Waals surface area contributed by atoms with Gasteiger partial charge in [-0.2, -0.15) is 5.10 Å². The second kappa shape index (κ2) is 9.52. The highest BCUT2D eigenvalue weighted by Gasteiger charge is 2.18. The van der Waals surface area contributed by atoms with Gasteiger partial charge in [-0.3, -0.25) is 14.5 Å². The van der Waals surface area contributed by atoms with Gasteiger partial charge in [0, 0.05) is 43.3 Å². The molecule has 0 saturated heterocycles. The molecule has 7 nitrogen and oxygen atoms in total. The topological polar surface area (TPSA) is 85.0 Å². The van der Waals surface area contributed by atoms with Crippen LogP contribution in [0.15, 0.2) is 85.5 Å². The molecule has 3 aromatic heterocycles. The Morgan fingerprint density at radius 3 is 2.66 bits per heavy atom. The highest BCUT2D eigenvalue weighted by Crippen LogP contribution is 2.25. The van der Waals surface area contributed by atoms with Crippen LogP contribution in [0, 0.1) is 5.82 Å². The number of aliphatic hydroxyl groups is 1. The van der Waals surface area contributed by atoms with Gasteiger partial charge in [0.1, 0.15) is 11.3 Å². The second-order valence-electron chi connectivity index (χ2n) is 8.39. The fourth-order valence-electron chi connectivity index (χ4n) is 4.11. The Labute approximate surface area is 201 Å². The van der Waals surface area contributed by atoms with Crippen molar-refractivity contribution in [3.05, 3.63) is 108 Å². The van der Waals surface area contributed by atoms with E-state index in [1.54, 1.807) is 47.5 Å². The summed E-state index contributed by atoms with van der Waals surface area (Å²) in [5.41, 5.74) is 4.40. The molecule has 0 aliphatic rings. The molecule has 35 heavy (non-hydrogen) atoms. The summed E-state index contributed by atoms with van der Waals surface area (Å²) in [6, 6.07) is 17.9. The smallest absolute Gasteiger partial charge is 0.255 e. The Balaban J connectivity index is 1.38. The molecule has 0 bridgehead atoms. The van der Waals surface area contributed by atoms with E-state index in [1.165, 1.54) is 6.07 Å². The minimum absolute atomic E-state index is 0.0623. The standard InChI is InChI=1S/C27H24FN5O2/c1-32-15-21(13-31-32)19-9-10-20(23(28)12-19)16-33-17-22(26-24(33)8-5-11-29-26)27(35)30-14-25(34)18-6-3-2-4-7-18/h2-13,15,17,25,34H,14,16H2,1H3,(H,30,35). The average molecular weight is 470 g/mol. The predicted molar refractivity (Wildman–Crippen MR) is 131 cm³/mol. The first-order valence-electron chi connectivity index (χ1n) is 11.2. The van der Waals surface area contributed by atoms with E-state index in [4.69, 9.17) is 0 Å². The molecular weight excluding hydrogens is 445 g/mol. The van der Waals surface area contributed by atoms with E-state index in [0.29, 0.717) is 16.6 Å². The highest BCUT2D eigenvalue weighted by atomic mass is 19.1. The number of benzene rings is 2. The number of nitrogens with zero attached hydrogens (tertiary/aromatic N) is 4. The van der Waals surface area contributed by atoms with Crippen molar-refractivity contribution in [3.63, 3.8) is 0 Å². The van der Waals surface area contributed by atoms with Crippen LogP contribution in [0.1, 0.15) is 27.6 Å². The summed E-state index contributed by atoms with van der Waals surface area (Å²) >= 11 is 0. The Kier molecular flexibility index (Phi) is 6.12. The zero-order valence-electron chi connectivity index (χ0n) is 19.1. The number of hydrogen-bond acceptors (Lipinski definition) is 4. The Morgan fingerprint density at radius 2 is 1.91 bits per heavy atom. The molecule has 3 heterocycles. The highest BCUT2D eigenvalue weighted by molar-refractivity contribution is 6.05. The Bertz CT molecular complexity index is 1490. The number of fused-ring (bicyclic) bond motifs is 1. The number of aryl methyl sites for hydroxylation is 1. The van der Waals surface area contributed by atoms with Gasteiger partial charge < -0.3 is 15.0 Å². The summed E-state index contributed by atoms with van der Waals surface area (Å²) in [6.45, 7) is 0.300. The first-order valence-corrected chi connectivity index (χ1v) is 11.2. The van der Waals surface area contributed by atoms with Crippen LogP contribution in [-0.4, -0.2) is 36.9 Å². The normalized spacial score (nSPS) is 12.1. The third-order valence-corrected chi connectivity index (χ3v) is 5.95. The number of aromatic nitrogens is 4. The quantitative estimate of drug-likeness (QED) is 0.376. The van der Waals surface area contributed by atoms with E-state index in [0.717, 1.165) is 22.2 Å². The number of pyridine rings is 1. The van der Waals surface area contributed by atoms with Crippen molar-refractivity contribution >= 4 is 16.9 Å². The summed E-state index contributed by atoms with van der Waals surface area (Å²) in [5.74, 6) is -0.691. The molecule has 1 unspecified atom stereocenters. The molecule has 5 aromatic rings. The number of carbonyl (C=O) groups excluding carboxylic acids is 1. The lowest BCUT2D eigenvalue weighted by molar-refractivity contribution is 0.0917. The number of carbonyl (C=O) groups is 1. The third-order valence-electron chi connectivity index (χ3n) is 5.95. The van der Waals surface area contributed by atoms with Crippen molar-refractivity contribution in [1.29, 1.82) is 0 Å². The molecular formula is C27H24FN5O2. The lowest BCUT2D eigenvalue weighted by Gasteiger charge is -2.11. The van der Waals surface area contributed by atoms with Crippen LogP contribution in [0.25, 0.3) is 22.2 Å². The molecule has 8 heteroatoms. The number of halogens is 1. The molecule has 0 aliphatic carbocycles. The van der Waals surface area contributed by atoms with Crippen LogP contribution in [0.4, 0.5) is 4.39 Å². The van der Waals surface area contributed by atoms with Crippen LogP contribution in [-0.2, 0) is 13.6 Å². The lowest BCUT2D eigenvalue weighted by Crippen LogP contribution is -2.28. The summed E-state index contributed by atoms with van der Waals surface area (Å²) < 4.78 is 18.5. The van der Waals surface area contributed by atoms with Crippen molar-refractivity contribution < 1.29 is 14.3 Å². The first kappa shape index (κ1) is 22.5. The largest absolute Gasteiger partial charge is 0.387 e. The zero-order valence-corrected chi connectivity index (χ0v) is 19.1. The fourth-order valence-corrected chi connectivity index (χ4v) is 4.11. The van der Waals surface area contributed by atoms with Crippen LogP contribution in [0.3, 0.4) is 0 Å². The van der Waals surface area contributed by atoms with E-state index < -0.39 is 6.10 Å². The zero-order chi connectivity index (χ0) is 24.4. The maximum absolute atomic E-state index is 15.0. The summed E-state index contributed by atoms with van der Waals surface area (Å²) in [5, 5.41) is 17.3. The molecule has 5 rings (SSSR count). The minimum Gasteiger partial charge on any atom is -0.387 e. The summed E-state index contributed by atoms with van der Waals surface area (Å²) in [4.78, 5) is 17.4. The van der Waals surface area contributed by atoms with Gasteiger partial charge in [-0.1, -0.05) is 42.5 Å². The van der Waals surface area contributed by atoms with E-state index >= 15 is 4.39 Å². The number of hydrogen-bond donors (Lipinski definition) is 2. The second-order valence-corrected chi connectivity index (χ2v) is 8.39. The van der Waals surface area contributed by atoms with Crippen LogP contribution in [0.2, 0.25) is 0 Å². The van der Waals surface area contributed by atoms with Crippen molar-refractivity contribution in [2.24, 2.45) is 7.05 Å². The van der Waals surface area contributed by atoms with E-state index in [2.05, 4.69) is 15.4 Å². The van der Waals surface area contributed by atoms with Gasteiger partial charge >= 0.3 is 0 Å². The predicted octanol–water partition coefficient (Wildman–Crippen LogP) is 4.09. The molecule has 0 fully saturated rings. The van der Waals surface area contributed by atoms with Crippen molar-refractivity contribution in [2.45, 2.75) is 12.6 Å². The lowest BCUT2D eigenvalue weighted by atomic mass is 10.1. The van der Waals surface area contributed by atoms with Crippen molar-refractivity contribution in [1.82, 2.24) is 24.6 Å². The van der Waals surface area contributed by atoms with Gasteiger partial charge in [0.25, 0.3) is 5.91 Å². The molecule has 2 aromatic carbocycles. The Hall–Kier alpha value is -4.30. The summed E-state index contributed by atoms with van der Waals surface area (Å²) in [7, 11) is 1.82. The molecule has 0 saturated carbocycles. The van der Waals surface area contributed by atoms with Gasteiger partial charge in [0.2, 0.25) is 0 Å². The molecule has 1 atom stereocenters.